The van der Waals surface area contributed by atoms with Crippen molar-refractivity contribution in [2.45, 2.75) is 11.8 Å². The van der Waals surface area contributed by atoms with Crippen molar-refractivity contribution in [2.24, 2.45) is 5.73 Å². The lowest BCUT2D eigenvalue weighted by Crippen LogP contribution is -2.26. The van der Waals surface area contributed by atoms with E-state index >= 15 is 0 Å². The van der Waals surface area contributed by atoms with Crippen LogP contribution in [0.2, 0.25) is 5.02 Å². The minimum Gasteiger partial charge on any atom is -0.395 e. The monoisotopic (exact) mass is 231 g/mol. The Morgan fingerprint density at radius 3 is 2.57 bits per heavy atom. The maximum absolute atomic E-state index is 8.71. The molecule has 1 aromatic rings. The van der Waals surface area contributed by atoms with Crippen LogP contribution in [0.25, 0.3) is 0 Å². The van der Waals surface area contributed by atoms with Gasteiger partial charge in [-0.3, -0.25) is 0 Å². The Kier molecular flexibility index (Phi) is 5.33. The summed E-state index contributed by atoms with van der Waals surface area (Å²) in [4.78, 5) is 0. The first kappa shape index (κ1) is 11.9. The SMILES string of the molecule is N[C@H](CO)CSCc1ccc(Cl)cc1. The lowest BCUT2D eigenvalue weighted by atomic mass is 10.2. The fourth-order valence-corrected chi connectivity index (χ4v) is 2.04. The van der Waals surface area contributed by atoms with Crippen LogP contribution in [0.3, 0.4) is 0 Å². The van der Waals surface area contributed by atoms with Gasteiger partial charge in [-0.25, -0.2) is 0 Å². The number of thioether (sulfide) groups is 1. The van der Waals surface area contributed by atoms with Crippen molar-refractivity contribution in [2.75, 3.05) is 12.4 Å². The number of benzene rings is 1. The van der Waals surface area contributed by atoms with Crippen molar-refractivity contribution < 1.29 is 5.11 Å². The summed E-state index contributed by atoms with van der Waals surface area (Å²) in [6, 6.07) is 7.64. The molecule has 1 atom stereocenters. The van der Waals surface area contributed by atoms with E-state index in [1.54, 1.807) is 11.8 Å². The molecule has 0 saturated carbocycles. The van der Waals surface area contributed by atoms with Gasteiger partial charge in [0.15, 0.2) is 0 Å². The summed E-state index contributed by atoms with van der Waals surface area (Å²) in [6.07, 6.45) is 0. The molecule has 1 rings (SSSR count). The Morgan fingerprint density at radius 1 is 1.36 bits per heavy atom. The number of halogens is 1. The van der Waals surface area contributed by atoms with Crippen LogP contribution >= 0.6 is 23.4 Å². The number of hydrogen-bond donors (Lipinski definition) is 2. The molecule has 0 radical (unpaired) electrons. The highest BCUT2D eigenvalue weighted by Crippen LogP contribution is 2.15. The van der Waals surface area contributed by atoms with E-state index in [4.69, 9.17) is 22.4 Å². The van der Waals surface area contributed by atoms with Crippen LogP contribution in [0.1, 0.15) is 5.56 Å². The Balaban J connectivity index is 2.28. The van der Waals surface area contributed by atoms with E-state index in [2.05, 4.69) is 0 Å². The Hall–Kier alpha value is -0.220. The van der Waals surface area contributed by atoms with Gasteiger partial charge >= 0.3 is 0 Å². The molecule has 0 unspecified atom stereocenters. The van der Waals surface area contributed by atoms with Gasteiger partial charge in [0.1, 0.15) is 0 Å². The van der Waals surface area contributed by atoms with Gasteiger partial charge in [0, 0.05) is 22.6 Å². The number of nitrogens with two attached hydrogens (primary N) is 1. The molecule has 0 aliphatic heterocycles. The van der Waals surface area contributed by atoms with Crippen molar-refractivity contribution in [1.29, 1.82) is 0 Å². The summed E-state index contributed by atoms with van der Waals surface area (Å²) in [7, 11) is 0. The van der Waals surface area contributed by atoms with Crippen LogP contribution in [-0.2, 0) is 5.75 Å². The molecule has 78 valence electrons. The zero-order valence-corrected chi connectivity index (χ0v) is 9.39. The van der Waals surface area contributed by atoms with E-state index in [9.17, 15) is 0 Å². The van der Waals surface area contributed by atoms with Gasteiger partial charge in [0.2, 0.25) is 0 Å². The van der Waals surface area contributed by atoms with Gasteiger partial charge in [-0.15, -0.1) is 0 Å². The van der Waals surface area contributed by atoms with Gasteiger partial charge in [-0.2, -0.15) is 11.8 Å². The maximum atomic E-state index is 8.71. The Bertz CT molecular complexity index is 265. The second-order valence-electron chi connectivity index (χ2n) is 3.08. The molecule has 3 N–H and O–H groups in total. The van der Waals surface area contributed by atoms with Crippen LogP contribution in [-0.4, -0.2) is 23.5 Å². The van der Waals surface area contributed by atoms with Gasteiger partial charge < -0.3 is 10.8 Å². The number of aliphatic hydroxyl groups is 1. The molecule has 4 heteroatoms. The first-order chi connectivity index (χ1) is 6.72. The standard InChI is InChI=1S/C10H14ClNOS/c11-9-3-1-8(2-4-9)6-14-7-10(12)5-13/h1-4,10,13H,5-7,12H2/t10-/m1/s1. The third-order valence-corrected chi connectivity index (χ3v) is 3.20. The lowest BCUT2D eigenvalue weighted by molar-refractivity contribution is 0.275. The molecule has 14 heavy (non-hydrogen) atoms. The van der Waals surface area contributed by atoms with Crippen LogP contribution in [0.4, 0.5) is 0 Å². The molecule has 2 nitrogen and oxygen atoms in total. The fraction of sp³-hybridized carbons (Fsp3) is 0.400. The molecule has 0 spiro atoms. The summed E-state index contributed by atoms with van der Waals surface area (Å²) in [5.74, 6) is 1.68. The summed E-state index contributed by atoms with van der Waals surface area (Å²) in [6.45, 7) is 0.0492. The highest BCUT2D eigenvalue weighted by Gasteiger charge is 2.00. The summed E-state index contributed by atoms with van der Waals surface area (Å²) in [5, 5.41) is 9.47. The zero-order chi connectivity index (χ0) is 10.4. The third kappa shape index (κ3) is 4.33. The summed E-state index contributed by atoms with van der Waals surface area (Å²) < 4.78 is 0. The predicted octanol–water partition coefficient (Wildman–Crippen LogP) is 1.89. The molecule has 0 aliphatic rings. The van der Waals surface area contributed by atoms with Crippen LogP contribution in [0.15, 0.2) is 24.3 Å². The predicted molar refractivity (Wildman–Crippen MR) is 62.7 cm³/mol. The number of hydrogen-bond acceptors (Lipinski definition) is 3. The summed E-state index contributed by atoms with van der Waals surface area (Å²) in [5.41, 5.74) is 6.80. The van der Waals surface area contributed by atoms with Gasteiger partial charge in [0.05, 0.1) is 6.61 Å². The second kappa shape index (κ2) is 6.30. The average molecular weight is 232 g/mol. The third-order valence-electron chi connectivity index (χ3n) is 1.75. The van der Waals surface area contributed by atoms with Crippen LogP contribution < -0.4 is 5.73 Å². The van der Waals surface area contributed by atoms with Crippen LogP contribution in [0, 0.1) is 0 Å². The minimum atomic E-state index is -0.118. The number of rotatable bonds is 5. The van der Waals surface area contributed by atoms with Crippen molar-refractivity contribution in [3.63, 3.8) is 0 Å². The molecule has 0 saturated heterocycles. The summed E-state index contributed by atoms with van der Waals surface area (Å²) >= 11 is 7.48. The smallest absolute Gasteiger partial charge is 0.0590 e. The van der Waals surface area contributed by atoms with E-state index in [0.29, 0.717) is 0 Å². The highest BCUT2D eigenvalue weighted by molar-refractivity contribution is 7.98. The lowest BCUT2D eigenvalue weighted by Gasteiger charge is -2.07. The maximum Gasteiger partial charge on any atom is 0.0590 e. The van der Waals surface area contributed by atoms with E-state index < -0.39 is 0 Å². The van der Waals surface area contributed by atoms with Crippen molar-refractivity contribution in [1.82, 2.24) is 0 Å². The van der Waals surface area contributed by atoms with Crippen molar-refractivity contribution in [3.05, 3.63) is 34.9 Å². The normalized spacial score (nSPS) is 12.8. The van der Waals surface area contributed by atoms with Crippen molar-refractivity contribution >= 4 is 23.4 Å². The first-order valence-corrected chi connectivity index (χ1v) is 5.94. The molecular weight excluding hydrogens is 218 g/mol. The number of aliphatic hydroxyl groups excluding tert-OH is 1. The molecule has 0 amide bonds. The van der Waals surface area contributed by atoms with Crippen molar-refractivity contribution in [3.8, 4) is 0 Å². The molecule has 0 aliphatic carbocycles. The minimum absolute atomic E-state index is 0.0492. The molecule has 1 aromatic carbocycles. The molecule has 0 bridgehead atoms. The van der Waals surface area contributed by atoms with Gasteiger partial charge in [-0.1, -0.05) is 23.7 Å². The van der Waals surface area contributed by atoms with E-state index in [1.165, 1.54) is 5.56 Å². The highest BCUT2D eigenvalue weighted by atomic mass is 35.5. The fourth-order valence-electron chi connectivity index (χ4n) is 0.961. The zero-order valence-electron chi connectivity index (χ0n) is 7.82. The average Bonchev–Trinajstić information content (AvgIpc) is 2.21. The van der Waals surface area contributed by atoms with Gasteiger partial charge in [-0.05, 0) is 17.7 Å². The Labute approximate surface area is 93.5 Å². The van der Waals surface area contributed by atoms with Crippen LogP contribution in [0.5, 0.6) is 0 Å². The molecule has 0 heterocycles. The topological polar surface area (TPSA) is 46.2 Å². The molecule has 0 aromatic heterocycles. The van der Waals surface area contributed by atoms with E-state index in [0.717, 1.165) is 16.5 Å². The second-order valence-corrected chi connectivity index (χ2v) is 4.55. The quantitative estimate of drug-likeness (QED) is 0.814. The van der Waals surface area contributed by atoms with Gasteiger partial charge in [0.25, 0.3) is 0 Å². The largest absolute Gasteiger partial charge is 0.395 e. The Morgan fingerprint density at radius 2 is 2.00 bits per heavy atom. The molecular formula is C10H14ClNOS. The first-order valence-electron chi connectivity index (χ1n) is 4.41. The molecule has 0 fully saturated rings. The van der Waals surface area contributed by atoms with E-state index in [-0.39, 0.29) is 12.6 Å². The van der Waals surface area contributed by atoms with E-state index in [1.807, 2.05) is 24.3 Å².